The highest BCUT2D eigenvalue weighted by Crippen LogP contribution is 2.36. The molecule has 32 heavy (non-hydrogen) atoms. The number of carbonyl (C=O) groups is 1. The van der Waals surface area contributed by atoms with Crippen LogP contribution in [0.3, 0.4) is 0 Å². The maximum absolute atomic E-state index is 13.3. The fraction of sp³-hybridized carbons (Fsp3) is 0.435. The summed E-state index contributed by atoms with van der Waals surface area (Å²) in [6, 6.07) is 7.70. The minimum atomic E-state index is -0.0988. The van der Waals surface area contributed by atoms with Crippen molar-refractivity contribution in [2.75, 3.05) is 12.4 Å². The Morgan fingerprint density at radius 3 is 2.94 bits per heavy atom. The lowest BCUT2D eigenvalue weighted by Crippen LogP contribution is -2.28. The topological polar surface area (TPSA) is 72.9 Å². The van der Waals surface area contributed by atoms with Gasteiger partial charge in [0.25, 0.3) is 5.91 Å². The summed E-state index contributed by atoms with van der Waals surface area (Å²) < 4.78 is 13.6. The van der Waals surface area contributed by atoms with Crippen LogP contribution in [0.5, 0.6) is 0 Å². The molecule has 1 amide bonds. The number of rotatable bonds is 7. The number of aryl methyl sites for hydroxylation is 1. The van der Waals surface area contributed by atoms with E-state index in [1.54, 1.807) is 22.6 Å². The normalized spacial score (nSPS) is 20.8. The molecule has 2 aliphatic rings. The quantitative estimate of drug-likeness (QED) is 0.464. The average Bonchev–Trinajstić information content (AvgIpc) is 3.59. The van der Waals surface area contributed by atoms with Crippen molar-refractivity contribution in [1.82, 2.24) is 14.6 Å². The second-order valence-electron chi connectivity index (χ2n) is 8.10. The highest BCUT2D eigenvalue weighted by Gasteiger charge is 2.34. The summed E-state index contributed by atoms with van der Waals surface area (Å²) >= 11 is 3.12. The summed E-state index contributed by atoms with van der Waals surface area (Å²) in [5, 5.41) is 9.19. The van der Waals surface area contributed by atoms with Crippen molar-refractivity contribution in [2.24, 2.45) is 5.10 Å². The molecule has 2 aliphatic heterocycles. The maximum atomic E-state index is 13.3. The number of hydrogen-bond donors (Lipinski definition) is 0. The third-order valence-electron chi connectivity index (χ3n) is 6.00. The largest absolute Gasteiger partial charge is 0.463 e. The van der Waals surface area contributed by atoms with Gasteiger partial charge in [-0.3, -0.25) is 4.79 Å². The van der Waals surface area contributed by atoms with E-state index in [0.29, 0.717) is 12.2 Å². The number of nitrogens with zero attached hydrogens (tertiary/aromatic N) is 4. The molecule has 2 atom stereocenters. The van der Waals surface area contributed by atoms with Crippen molar-refractivity contribution in [3.8, 4) is 0 Å². The van der Waals surface area contributed by atoms with Crippen LogP contribution in [0, 0.1) is 13.8 Å². The van der Waals surface area contributed by atoms with Crippen LogP contribution < -0.4 is 0 Å². The van der Waals surface area contributed by atoms with E-state index >= 15 is 0 Å². The van der Waals surface area contributed by atoms with Gasteiger partial charge in [-0.1, -0.05) is 17.8 Å². The highest BCUT2D eigenvalue weighted by molar-refractivity contribution is 7.99. The van der Waals surface area contributed by atoms with E-state index in [0.717, 1.165) is 53.1 Å². The molecule has 3 aromatic rings. The standard InChI is InChI=1S/C23H26N4O3S2/c1-15-16(2)26(13-17-6-3-9-29-17)23(24-15)32-14-22(28)27-19(21-8-5-11-31-21)12-18(25-27)20-7-4-10-30-20/h4-5,7-8,10-11,17,19H,3,6,9,12-14H2,1-2H3/t17-,19+/m0/s1. The van der Waals surface area contributed by atoms with Crippen molar-refractivity contribution in [2.45, 2.75) is 57.0 Å². The average molecular weight is 471 g/mol. The van der Waals surface area contributed by atoms with Gasteiger partial charge in [-0.2, -0.15) is 5.10 Å². The lowest BCUT2D eigenvalue weighted by Gasteiger charge is -2.20. The van der Waals surface area contributed by atoms with Crippen LogP contribution in [0.15, 0.2) is 50.6 Å². The molecule has 7 nitrogen and oxygen atoms in total. The first-order valence-electron chi connectivity index (χ1n) is 10.8. The number of imidazole rings is 1. The first-order valence-corrected chi connectivity index (χ1v) is 12.7. The van der Waals surface area contributed by atoms with Crippen LogP contribution in [0.2, 0.25) is 0 Å². The lowest BCUT2D eigenvalue weighted by molar-refractivity contribution is -0.130. The van der Waals surface area contributed by atoms with Crippen LogP contribution >= 0.6 is 23.1 Å². The van der Waals surface area contributed by atoms with Crippen molar-refractivity contribution in [1.29, 1.82) is 0 Å². The maximum Gasteiger partial charge on any atom is 0.253 e. The molecule has 1 fully saturated rings. The predicted molar refractivity (Wildman–Crippen MR) is 125 cm³/mol. The van der Waals surface area contributed by atoms with Crippen molar-refractivity contribution in [3.05, 3.63) is 57.9 Å². The molecule has 5 heterocycles. The molecule has 0 N–H and O–H groups in total. The van der Waals surface area contributed by atoms with Gasteiger partial charge >= 0.3 is 0 Å². The zero-order valence-electron chi connectivity index (χ0n) is 18.2. The molecule has 0 unspecified atom stereocenters. The zero-order chi connectivity index (χ0) is 22.1. The first-order chi connectivity index (χ1) is 15.6. The molecule has 0 radical (unpaired) electrons. The van der Waals surface area contributed by atoms with Gasteiger partial charge in [0.2, 0.25) is 0 Å². The van der Waals surface area contributed by atoms with Crippen molar-refractivity contribution < 1.29 is 13.9 Å². The molecular weight excluding hydrogens is 444 g/mol. The molecule has 1 saturated heterocycles. The Morgan fingerprint density at radius 2 is 2.22 bits per heavy atom. The molecule has 168 valence electrons. The van der Waals surface area contributed by atoms with Crippen molar-refractivity contribution >= 4 is 34.7 Å². The van der Waals surface area contributed by atoms with Gasteiger partial charge in [0.05, 0.1) is 36.4 Å². The summed E-state index contributed by atoms with van der Waals surface area (Å²) in [6.07, 6.45) is 4.68. The number of amides is 1. The summed E-state index contributed by atoms with van der Waals surface area (Å²) in [7, 11) is 0. The Hall–Kier alpha value is -2.36. The molecule has 9 heteroatoms. The van der Waals surface area contributed by atoms with Gasteiger partial charge in [-0.15, -0.1) is 11.3 Å². The Bertz CT molecular complexity index is 1100. The van der Waals surface area contributed by atoms with Gasteiger partial charge in [0, 0.05) is 23.6 Å². The summed E-state index contributed by atoms with van der Waals surface area (Å²) in [6.45, 7) is 5.70. The molecule has 0 aromatic carbocycles. The summed E-state index contributed by atoms with van der Waals surface area (Å²) in [5.41, 5.74) is 2.93. The van der Waals surface area contributed by atoms with Gasteiger partial charge in [0.15, 0.2) is 5.16 Å². The monoisotopic (exact) mass is 470 g/mol. The predicted octanol–water partition coefficient (Wildman–Crippen LogP) is 4.80. The Kier molecular flexibility index (Phi) is 6.21. The number of furan rings is 1. The van der Waals surface area contributed by atoms with Crippen LogP contribution in [0.25, 0.3) is 0 Å². The summed E-state index contributed by atoms with van der Waals surface area (Å²) in [5.74, 6) is 0.961. The second kappa shape index (κ2) is 9.25. The molecule has 0 aliphatic carbocycles. The van der Waals surface area contributed by atoms with E-state index in [9.17, 15) is 4.79 Å². The fourth-order valence-corrected chi connectivity index (χ4v) is 5.93. The third kappa shape index (κ3) is 4.29. The minimum Gasteiger partial charge on any atom is -0.463 e. The molecular formula is C23H26N4O3S2. The number of aromatic nitrogens is 2. The molecule has 0 saturated carbocycles. The van der Waals surface area contributed by atoms with Crippen molar-refractivity contribution in [3.63, 3.8) is 0 Å². The lowest BCUT2D eigenvalue weighted by atomic mass is 10.1. The fourth-order valence-electron chi connectivity index (χ4n) is 4.17. The SMILES string of the molecule is Cc1nc(SCC(=O)N2N=C(c3ccco3)C[C@@H]2c2cccs2)n(C[C@@H]2CCCO2)c1C. The van der Waals surface area contributed by atoms with Gasteiger partial charge in [0.1, 0.15) is 11.5 Å². The molecule has 5 rings (SSSR count). The van der Waals surface area contributed by atoms with Gasteiger partial charge < -0.3 is 13.7 Å². The van der Waals surface area contributed by atoms with Crippen LogP contribution in [0.4, 0.5) is 0 Å². The zero-order valence-corrected chi connectivity index (χ0v) is 19.8. The molecule has 0 bridgehead atoms. The van der Waals surface area contributed by atoms with E-state index in [1.807, 2.05) is 30.5 Å². The van der Waals surface area contributed by atoms with E-state index < -0.39 is 0 Å². The van der Waals surface area contributed by atoms with E-state index in [1.165, 1.54) is 11.8 Å². The molecule has 0 spiro atoms. The second-order valence-corrected chi connectivity index (χ2v) is 10.0. The Labute approximate surface area is 195 Å². The molecule has 3 aromatic heterocycles. The first kappa shape index (κ1) is 21.5. The Morgan fingerprint density at radius 1 is 1.31 bits per heavy atom. The summed E-state index contributed by atoms with van der Waals surface area (Å²) in [4.78, 5) is 19.1. The number of thiophene rings is 1. The number of carbonyl (C=O) groups excluding carboxylic acids is 1. The van der Waals surface area contributed by atoms with Crippen LogP contribution in [0.1, 0.15) is 47.3 Å². The van der Waals surface area contributed by atoms with E-state index in [4.69, 9.17) is 14.1 Å². The van der Waals surface area contributed by atoms with E-state index in [-0.39, 0.29) is 23.8 Å². The number of ether oxygens (including phenoxy) is 1. The minimum absolute atomic E-state index is 0.0306. The smallest absolute Gasteiger partial charge is 0.253 e. The van der Waals surface area contributed by atoms with Gasteiger partial charge in [-0.05, 0) is 50.3 Å². The van der Waals surface area contributed by atoms with Crippen LogP contribution in [-0.4, -0.2) is 44.6 Å². The Balaban J connectivity index is 1.33. The van der Waals surface area contributed by atoms with Gasteiger partial charge in [-0.25, -0.2) is 9.99 Å². The number of hydrazone groups is 1. The third-order valence-corrected chi connectivity index (χ3v) is 7.94. The number of thioether (sulfide) groups is 1. The number of hydrogen-bond acceptors (Lipinski definition) is 7. The van der Waals surface area contributed by atoms with E-state index in [2.05, 4.69) is 22.7 Å². The van der Waals surface area contributed by atoms with Crippen LogP contribution in [-0.2, 0) is 16.1 Å². The highest BCUT2D eigenvalue weighted by atomic mass is 32.2.